The summed E-state index contributed by atoms with van der Waals surface area (Å²) in [7, 11) is 1.64. The van der Waals surface area contributed by atoms with Crippen molar-refractivity contribution >= 4 is 5.97 Å². The van der Waals surface area contributed by atoms with Crippen LogP contribution in [-0.4, -0.2) is 46.0 Å². The first-order valence-corrected chi connectivity index (χ1v) is 4.76. The standard InChI is InChI=1S/C10H14N2O4/c1-11-5-8(13)9(14)7-4-6(10(15)16)2-3-12-7/h2-4,8-9,11,13-14H,5H2,1H3,(H,15,16). The molecule has 2 unspecified atom stereocenters. The van der Waals surface area contributed by atoms with E-state index in [1.54, 1.807) is 7.05 Å². The van der Waals surface area contributed by atoms with Crippen LogP contribution >= 0.6 is 0 Å². The van der Waals surface area contributed by atoms with Crippen molar-refractivity contribution in [3.05, 3.63) is 29.6 Å². The van der Waals surface area contributed by atoms with Gasteiger partial charge in [-0.25, -0.2) is 4.79 Å². The molecule has 1 rings (SSSR count). The molecule has 0 fully saturated rings. The highest BCUT2D eigenvalue weighted by Gasteiger charge is 2.19. The molecule has 1 aromatic rings. The van der Waals surface area contributed by atoms with Crippen molar-refractivity contribution in [2.24, 2.45) is 0 Å². The molecule has 4 N–H and O–H groups in total. The Labute approximate surface area is 92.6 Å². The summed E-state index contributed by atoms with van der Waals surface area (Å²) in [6, 6.07) is 2.56. The van der Waals surface area contributed by atoms with Crippen LogP contribution in [0.3, 0.4) is 0 Å². The van der Waals surface area contributed by atoms with E-state index in [4.69, 9.17) is 5.11 Å². The molecule has 6 nitrogen and oxygen atoms in total. The molecule has 0 aliphatic carbocycles. The zero-order chi connectivity index (χ0) is 12.1. The Hall–Kier alpha value is -1.50. The smallest absolute Gasteiger partial charge is 0.335 e. The fraction of sp³-hybridized carbons (Fsp3) is 0.400. The maximum atomic E-state index is 10.7. The number of carboxylic acid groups (broad SMARTS) is 1. The third-order valence-electron chi connectivity index (χ3n) is 2.11. The van der Waals surface area contributed by atoms with Crippen LogP contribution in [0.2, 0.25) is 0 Å². The van der Waals surface area contributed by atoms with Crippen LogP contribution in [0.1, 0.15) is 22.2 Å². The number of aromatic nitrogens is 1. The number of aromatic carboxylic acids is 1. The molecule has 6 heteroatoms. The van der Waals surface area contributed by atoms with Gasteiger partial charge < -0.3 is 20.6 Å². The number of pyridine rings is 1. The lowest BCUT2D eigenvalue weighted by Crippen LogP contribution is -2.30. The summed E-state index contributed by atoms with van der Waals surface area (Å²) in [6.07, 6.45) is -0.943. The van der Waals surface area contributed by atoms with Gasteiger partial charge >= 0.3 is 5.97 Å². The lowest BCUT2D eigenvalue weighted by atomic mass is 10.1. The monoisotopic (exact) mass is 226 g/mol. The number of rotatable bonds is 5. The van der Waals surface area contributed by atoms with Crippen molar-refractivity contribution in [3.63, 3.8) is 0 Å². The lowest BCUT2D eigenvalue weighted by molar-refractivity contribution is 0.0176. The number of carbonyl (C=O) groups is 1. The molecule has 0 spiro atoms. The summed E-state index contributed by atoms with van der Waals surface area (Å²) in [5.74, 6) is -1.10. The average Bonchev–Trinajstić information content (AvgIpc) is 2.28. The minimum absolute atomic E-state index is 0.0284. The maximum absolute atomic E-state index is 10.7. The summed E-state index contributed by atoms with van der Waals surface area (Å²) in [5.41, 5.74) is 0.170. The summed E-state index contributed by atoms with van der Waals surface area (Å²) in [5, 5.41) is 30.6. The highest BCUT2D eigenvalue weighted by atomic mass is 16.4. The summed E-state index contributed by atoms with van der Waals surface area (Å²) >= 11 is 0. The molecule has 0 saturated carbocycles. The second-order valence-electron chi connectivity index (χ2n) is 3.34. The van der Waals surface area contributed by atoms with E-state index in [-0.39, 0.29) is 17.8 Å². The number of carboxylic acids is 1. The Bertz CT molecular complexity index is 370. The molecule has 1 aromatic heterocycles. The Balaban J connectivity index is 2.86. The van der Waals surface area contributed by atoms with Gasteiger partial charge in [-0.15, -0.1) is 0 Å². The second-order valence-corrected chi connectivity index (χ2v) is 3.34. The first-order valence-electron chi connectivity index (χ1n) is 4.76. The van der Waals surface area contributed by atoms with E-state index in [2.05, 4.69) is 10.3 Å². The van der Waals surface area contributed by atoms with E-state index in [1.165, 1.54) is 18.3 Å². The highest BCUT2D eigenvalue weighted by Crippen LogP contribution is 2.15. The van der Waals surface area contributed by atoms with Gasteiger partial charge in [0.05, 0.1) is 17.4 Å². The number of hydrogen-bond donors (Lipinski definition) is 4. The lowest BCUT2D eigenvalue weighted by Gasteiger charge is -2.16. The summed E-state index contributed by atoms with van der Waals surface area (Å²) < 4.78 is 0. The topological polar surface area (TPSA) is 103 Å². The van der Waals surface area contributed by atoms with Crippen molar-refractivity contribution in [2.45, 2.75) is 12.2 Å². The zero-order valence-corrected chi connectivity index (χ0v) is 8.79. The molecule has 0 bridgehead atoms. The van der Waals surface area contributed by atoms with Gasteiger partial charge in [0.25, 0.3) is 0 Å². The van der Waals surface area contributed by atoms with Crippen LogP contribution in [0.15, 0.2) is 18.3 Å². The second kappa shape index (κ2) is 5.55. The first kappa shape index (κ1) is 12.6. The molecule has 0 amide bonds. The van der Waals surface area contributed by atoms with Gasteiger partial charge in [0, 0.05) is 12.7 Å². The number of nitrogens with zero attached hydrogens (tertiary/aromatic N) is 1. The van der Waals surface area contributed by atoms with Gasteiger partial charge in [0.2, 0.25) is 0 Å². The summed E-state index contributed by atoms with van der Waals surface area (Å²) in [6.45, 7) is 0.195. The number of likely N-dealkylation sites (N-methyl/N-ethyl adjacent to an activating group) is 1. The largest absolute Gasteiger partial charge is 0.478 e. The van der Waals surface area contributed by atoms with Crippen LogP contribution in [0.25, 0.3) is 0 Å². The Morgan fingerprint density at radius 3 is 2.81 bits per heavy atom. The summed E-state index contributed by atoms with van der Waals surface area (Å²) in [4.78, 5) is 14.5. The molecule has 0 saturated heterocycles. The molecule has 0 aromatic carbocycles. The van der Waals surface area contributed by atoms with Crippen LogP contribution < -0.4 is 5.32 Å². The van der Waals surface area contributed by atoms with E-state index in [0.717, 1.165) is 0 Å². The molecule has 88 valence electrons. The van der Waals surface area contributed by atoms with Gasteiger partial charge in [-0.1, -0.05) is 0 Å². The van der Waals surface area contributed by atoms with Crippen molar-refractivity contribution in [3.8, 4) is 0 Å². The average molecular weight is 226 g/mol. The SMILES string of the molecule is CNCC(O)C(O)c1cc(C(=O)O)ccn1. The van der Waals surface area contributed by atoms with E-state index in [1.807, 2.05) is 0 Å². The fourth-order valence-corrected chi connectivity index (χ4v) is 1.26. The van der Waals surface area contributed by atoms with Crippen LogP contribution in [0, 0.1) is 0 Å². The van der Waals surface area contributed by atoms with E-state index in [0.29, 0.717) is 0 Å². The van der Waals surface area contributed by atoms with Gasteiger partial charge in [0.1, 0.15) is 6.10 Å². The molecule has 16 heavy (non-hydrogen) atoms. The number of aliphatic hydroxyl groups is 2. The van der Waals surface area contributed by atoms with Crippen LogP contribution in [0.4, 0.5) is 0 Å². The predicted molar refractivity (Wildman–Crippen MR) is 56.1 cm³/mol. The first-order chi connectivity index (χ1) is 7.56. The molecule has 2 atom stereocenters. The highest BCUT2D eigenvalue weighted by molar-refractivity contribution is 5.87. The van der Waals surface area contributed by atoms with Crippen LogP contribution in [-0.2, 0) is 0 Å². The minimum Gasteiger partial charge on any atom is -0.478 e. The van der Waals surface area contributed by atoms with Crippen molar-refractivity contribution in [1.29, 1.82) is 0 Å². The molecule has 0 aliphatic heterocycles. The Kier molecular flexibility index (Phi) is 4.36. The zero-order valence-electron chi connectivity index (χ0n) is 8.79. The number of aliphatic hydroxyl groups excluding tert-OH is 2. The van der Waals surface area contributed by atoms with Crippen molar-refractivity contribution < 1.29 is 20.1 Å². The van der Waals surface area contributed by atoms with Gasteiger partial charge in [0.15, 0.2) is 0 Å². The normalized spacial score (nSPS) is 14.4. The van der Waals surface area contributed by atoms with Crippen molar-refractivity contribution in [1.82, 2.24) is 10.3 Å². The number of nitrogens with one attached hydrogen (secondary N) is 1. The quantitative estimate of drug-likeness (QED) is 0.534. The maximum Gasteiger partial charge on any atom is 0.335 e. The molecular weight excluding hydrogens is 212 g/mol. The Morgan fingerprint density at radius 2 is 2.25 bits per heavy atom. The van der Waals surface area contributed by atoms with E-state index in [9.17, 15) is 15.0 Å². The minimum atomic E-state index is -1.20. The van der Waals surface area contributed by atoms with Gasteiger partial charge in [-0.3, -0.25) is 4.98 Å². The van der Waals surface area contributed by atoms with Crippen LogP contribution in [0.5, 0.6) is 0 Å². The van der Waals surface area contributed by atoms with Crippen molar-refractivity contribution in [2.75, 3.05) is 13.6 Å². The molecular formula is C10H14N2O4. The third kappa shape index (κ3) is 2.99. The molecule has 0 aliphatic rings. The number of hydrogen-bond acceptors (Lipinski definition) is 5. The fourth-order valence-electron chi connectivity index (χ4n) is 1.26. The van der Waals surface area contributed by atoms with Gasteiger partial charge in [-0.05, 0) is 19.2 Å². The van der Waals surface area contributed by atoms with Gasteiger partial charge in [-0.2, -0.15) is 0 Å². The molecule has 1 heterocycles. The van der Waals surface area contributed by atoms with E-state index >= 15 is 0 Å². The molecule has 0 radical (unpaired) electrons. The third-order valence-corrected chi connectivity index (χ3v) is 2.11. The Morgan fingerprint density at radius 1 is 1.56 bits per heavy atom. The predicted octanol–water partition coefficient (Wildman–Crippen LogP) is -0.607. The van der Waals surface area contributed by atoms with E-state index < -0.39 is 18.2 Å².